The molecule has 0 aromatic carbocycles. The van der Waals surface area contributed by atoms with E-state index < -0.39 is 0 Å². The molecule has 0 spiro atoms. The molecule has 0 aromatic rings. The van der Waals surface area contributed by atoms with E-state index in [-0.39, 0.29) is 0 Å². The van der Waals surface area contributed by atoms with Gasteiger partial charge in [0.1, 0.15) is 0 Å². The molecule has 3 fully saturated rings. The van der Waals surface area contributed by atoms with Gasteiger partial charge in [-0.25, -0.2) is 4.99 Å². The zero-order valence-electron chi connectivity index (χ0n) is 9.94. The molecular formula is C12H22N4. The smallest absolute Gasteiger partial charge is 0.191 e. The Morgan fingerprint density at radius 2 is 1.94 bits per heavy atom. The van der Waals surface area contributed by atoms with Crippen LogP contribution in [0.4, 0.5) is 0 Å². The first kappa shape index (κ1) is 10.4. The average Bonchev–Trinajstić information content (AvgIpc) is 3.12. The lowest BCUT2D eigenvalue weighted by molar-refractivity contribution is 0.0796. The van der Waals surface area contributed by atoms with Crippen LogP contribution in [0.15, 0.2) is 4.99 Å². The van der Waals surface area contributed by atoms with Crippen LogP contribution < -0.4 is 5.73 Å². The molecule has 2 heterocycles. The quantitative estimate of drug-likeness (QED) is 0.523. The Hall–Kier alpha value is -0.770. The number of piperidine rings is 1. The Kier molecular flexibility index (Phi) is 2.75. The second kappa shape index (κ2) is 4.24. The van der Waals surface area contributed by atoms with Crippen molar-refractivity contribution >= 4 is 5.96 Å². The predicted molar refractivity (Wildman–Crippen MR) is 65.4 cm³/mol. The van der Waals surface area contributed by atoms with Crippen LogP contribution in [0.25, 0.3) is 0 Å². The maximum absolute atomic E-state index is 6.07. The zero-order chi connectivity index (χ0) is 11.0. The molecule has 2 aliphatic heterocycles. The van der Waals surface area contributed by atoms with Crippen molar-refractivity contribution in [2.75, 3.05) is 26.2 Å². The third kappa shape index (κ3) is 2.17. The summed E-state index contributed by atoms with van der Waals surface area (Å²) in [5.74, 6) is 0.799. The van der Waals surface area contributed by atoms with Gasteiger partial charge in [0.05, 0.1) is 6.04 Å². The van der Waals surface area contributed by atoms with Crippen LogP contribution in [-0.4, -0.2) is 54.0 Å². The fraction of sp³-hybridized carbons (Fsp3) is 0.917. The summed E-state index contributed by atoms with van der Waals surface area (Å²) in [6.07, 6.45) is 6.58. The van der Waals surface area contributed by atoms with Crippen molar-refractivity contribution in [2.24, 2.45) is 10.7 Å². The first-order chi connectivity index (χ1) is 7.83. The molecule has 4 heteroatoms. The Bertz CT molecular complexity index is 285. The summed E-state index contributed by atoms with van der Waals surface area (Å²) in [6, 6.07) is 1.28. The fourth-order valence-corrected chi connectivity index (χ4v) is 2.84. The first-order valence-electron chi connectivity index (χ1n) is 6.65. The molecule has 1 aliphatic carbocycles. The summed E-state index contributed by atoms with van der Waals surface area (Å²) in [4.78, 5) is 9.48. The molecule has 0 amide bonds. The van der Waals surface area contributed by atoms with Gasteiger partial charge in [0.25, 0.3) is 0 Å². The van der Waals surface area contributed by atoms with Crippen molar-refractivity contribution in [3.8, 4) is 0 Å². The molecule has 3 aliphatic rings. The van der Waals surface area contributed by atoms with Crippen LogP contribution in [0, 0.1) is 0 Å². The lowest BCUT2D eigenvalue weighted by Gasteiger charge is -2.44. The van der Waals surface area contributed by atoms with Gasteiger partial charge in [0.15, 0.2) is 5.96 Å². The highest BCUT2D eigenvalue weighted by atomic mass is 15.3. The van der Waals surface area contributed by atoms with Crippen molar-refractivity contribution in [3.63, 3.8) is 0 Å². The molecule has 0 aromatic heterocycles. The highest BCUT2D eigenvalue weighted by Crippen LogP contribution is 2.25. The first-order valence-corrected chi connectivity index (χ1v) is 6.65. The van der Waals surface area contributed by atoms with E-state index in [0.717, 1.165) is 25.1 Å². The monoisotopic (exact) mass is 222 g/mol. The van der Waals surface area contributed by atoms with Crippen molar-refractivity contribution in [2.45, 2.75) is 44.2 Å². The van der Waals surface area contributed by atoms with Gasteiger partial charge < -0.3 is 10.6 Å². The predicted octanol–water partition coefficient (Wildman–Crippen LogP) is 0.634. The van der Waals surface area contributed by atoms with Crippen molar-refractivity contribution < 1.29 is 0 Å². The molecule has 1 unspecified atom stereocenters. The standard InChI is InChI=1S/C12H22N4/c13-12(14-10-4-5-10)16-8-7-15-6-2-1-3-11(15)9-16/h10-11H,1-9H2,(H2,13,14). The molecule has 4 nitrogen and oxygen atoms in total. The lowest BCUT2D eigenvalue weighted by Crippen LogP contribution is -2.57. The molecule has 2 N–H and O–H groups in total. The summed E-state index contributed by atoms with van der Waals surface area (Å²) in [5, 5.41) is 0. The topological polar surface area (TPSA) is 44.9 Å². The SMILES string of the molecule is NC(=NC1CC1)N1CCN2CCCCC2C1. The second-order valence-corrected chi connectivity index (χ2v) is 5.35. The van der Waals surface area contributed by atoms with E-state index in [2.05, 4.69) is 14.8 Å². The third-order valence-corrected chi connectivity index (χ3v) is 4.02. The largest absolute Gasteiger partial charge is 0.370 e. The maximum atomic E-state index is 6.07. The van der Waals surface area contributed by atoms with Crippen molar-refractivity contribution in [3.05, 3.63) is 0 Å². The Labute approximate surface area is 97.5 Å². The maximum Gasteiger partial charge on any atom is 0.191 e. The number of guanidine groups is 1. The van der Waals surface area contributed by atoms with Crippen LogP contribution in [0.2, 0.25) is 0 Å². The molecule has 16 heavy (non-hydrogen) atoms. The van der Waals surface area contributed by atoms with Gasteiger partial charge in [0, 0.05) is 25.7 Å². The Morgan fingerprint density at radius 1 is 1.06 bits per heavy atom. The summed E-state index contributed by atoms with van der Waals surface area (Å²) < 4.78 is 0. The van der Waals surface area contributed by atoms with Crippen LogP contribution in [0.1, 0.15) is 32.1 Å². The molecule has 0 bridgehead atoms. The van der Waals surface area contributed by atoms with Crippen LogP contribution in [-0.2, 0) is 0 Å². The van der Waals surface area contributed by atoms with Crippen molar-refractivity contribution in [1.82, 2.24) is 9.80 Å². The highest BCUT2D eigenvalue weighted by Gasteiger charge is 2.30. The van der Waals surface area contributed by atoms with Gasteiger partial charge in [-0.2, -0.15) is 0 Å². The lowest BCUT2D eigenvalue weighted by atomic mass is 10.00. The Balaban J connectivity index is 1.61. The van der Waals surface area contributed by atoms with Crippen LogP contribution in [0.5, 0.6) is 0 Å². The summed E-state index contributed by atoms with van der Waals surface area (Å²) in [7, 11) is 0. The number of hydrogen-bond acceptors (Lipinski definition) is 2. The van der Waals surface area contributed by atoms with E-state index in [1.165, 1.54) is 45.2 Å². The number of nitrogens with zero attached hydrogens (tertiary/aromatic N) is 3. The number of fused-ring (bicyclic) bond motifs is 1. The molecule has 1 atom stereocenters. The number of aliphatic imine (C=N–C) groups is 1. The van der Waals surface area contributed by atoms with E-state index in [0.29, 0.717) is 6.04 Å². The summed E-state index contributed by atoms with van der Waals surface area (Å²) in [5.41, 5.74) is 6.07. The summed E-state index contributed by atoms with van der Waals surface area (Å²) >= 11 is 0. The molecule has 2 saturated heterocycles. The normalized spacial score (nSPS) is 32.6. The minimum Gasteiger partial charge on any atom is -0.370 e. The molecular weight excluding hydrogens is 200 g/mol. The minimum atomic E-state index is 0.546. The molecule has 0 radical (unpaired) electrons. The van der Waals surface area contributed by atoms with E-state index in [4.69, 9.17) is 5.73 Å². The minimum absolute atomic E-state index is 0.546. The molecule has 3 rings (SSSR count). The number of piperazine rings is 1. The van der Waals surface area contributed by atoms with E-state index in [1.807, 2.05) is 0 Å². The van der Waals surface area contributed by atoms with Crippen molar-refractivity contribution in [1.29, 1.82) is 0 Å². The van der Waals surface area contributed by atoms with Gasteiger partial charge in [-0.1, -0.05) is 6.42 Å². The fourth-order valence-electron chi connectivity index (χ4n) is 2.84. The van der Waals surface area contributed by atoms with E-state index in [1.54, 1.807) is 0 Å². The van der Waals surface area contributed by atoms with Gasteiger partial charge in [-0.05, 0) is 32.2 Å². The third-order valence-electron chi connectivity index (χ3n) is 4.02. The van der Waals surface area contributed by atoms with Gasteiger partial charge in [0.2, 0.25) is 0 Å². The highest BCUT2D eigenvalue weighted by molar-refractivity contribution is 5.78. The average molecular weight is 222 g/mol. The number of nitrogens with two attached hydrogens (primary N) is 1. The van der Waals surface area contributed by atoms with E-state index in [9.17, 15) is 0 Å². The number of rotatable bonds is 1. The molecule has 1 saturated carbocycles. The second-order valence-electron chi connectivity index (χ2n) is 5.35. The van der Waals surface area contributed by atoms with Gasteiger partial charge in [-0.15, -0.1) is 0 Å². The van der Waals surface area contributed by atoms with Crippen LogP contribution in [0.3, 0.4) is 0 Å². The van der Waals surface area contributed by atoms with Gasteiger partial charge in [-0.3, -0.25) is 4.90 Å². The van der Waals surface area contributed by atoms with E-state index >= 15 is 0 Å². The van der Waals surface area contributed by atoms with Gasteiger partial charge >= 0.3 is 0 Å². The zero-order valence-corrected chi connectivity index (χ0v) is 9.94. The Morgan fingerprint density at radius 3 is 2.75 bits per heavy atom. The number of hydrogen-bond donors (Lipinski definition) is 1. The van der Waals surface area contributed by atoms with Crippen LogP contribution >= 0.6 is 0 Å². The molecule has 90 valence electrons. The summed E-state index contributed by atoms with van der Waals surface area (Å²) in [6.45, 7) is 4.63.